The summed E-state index contributed by atoms with van der Waals surface area (Å²) in [5.74, 6) is -0.0185. The zero-order valence-electron chi connectivity index (χ0n) is 11.6. The summed E-state index contributed by atoms with van der Waals surface area (Å²) < 4.78 is 0. The van der Waals surface area contributed by atoms with Crippen LogP contribution < -0.4 is 16.8 Å². The number of piperidine rings is 1. The molecule has 0 spiro atoms. The first-order valence-electron chi connectivity index (χ1n) is 6.89. The lowest BCUT2D eigenvalue weighted by molar-refractivity contribution is -0.118. The van der Waals surface area contributed by atoms with Gasteiger partial charge >= 0.3 is 0 Å². The second kappa shape index (κ2) is 8.67. The van der Waals surface area contributed by atoms with Crippen molar-refractivity contribution in [2.24, 2.45) is 11.5 Å². The fourth-order valence-corrected chi connectivity index (χ4v) is 2.05. The van der Waals surface area contributed by atoms with Crippen LogP contribution >= 0.6 is 0 Å². The van der Waals surface area contributed by atoms with Gasteiger partial charge in [-0.2, -0.15) is 0 Å². The van der Waals surface area contributed by atoms with E-state index in [-0.39, 0.29) is 11.8 Å². The van der Waals surface area contributed by atoms with E-state index < -0.39 is 0 Å². The van der Waals surface area contributed by atoms with Crippen LogP contribution in [0, 0.1) is 0 Å². The molecule has 1 aliphatic heterocycles. The third-order valence-corrected chi connectivity index (χ3v) is 3.26. The number of amides is 1. The summed E-state index contributed by atoms with van der Waals surface area (Å²) in [5.41, 5.74) is 11.8. The molecule has 0 aliphatic carbocycles. The van der Waals surface area contributed by atoms with Gasteiger partial charge in [0.1, 0.15) is 0 Å². The van der Waals surface area contributed by atoms with E-state index in [0.717, 1.165) is 31.5 Å². The summed E-state index contributed by atoms with van der Waals surface area (Å²) in [7, 11) is 0. The Balaban J connectivity index is 0.000000218. The highest BCUT2D eigenvalue weighted by Crippen LogP contribution is 2.17. The minimum absolute atomic E-state index is 0.226. The number of nitrogens with one attached hydrogen (secondary N) is 1. The van der Waals surface area contributed by atoms with Gasteiger partial charge in [0.05, 0.1) is 0 Å². The average Bonchev–Trinajstić information content (AvgIpc) is 2.40. The highest BCUT2D eigenvalue weighted by molar-refractivity contribution is 5.74. The van der Waals surface area contributed by atoms with Crippen molar-refractivity contribution in [1.82, 2.24) is 5.32 Å². The van der Waals surface area contributed by atoms with Gasteiger partial charge < -0.3 is 16.8 Å². The molecule has 0 radical (unpaired) electrons. The summed E-state index contributed by atoms with van der Waals surface area (Å²) >= 11 is 0. The van der Waals surface area contributed by atoms with Crippen LogP contribution in [0.4, 0.5) is 0 Å². The Morgan fingerprint density at radius 1 is 1.32 bits per heavy atom. The maximum Gasteiger partial charge on any atom is 0.218 e. The Morgan fingerprint density at radius 2 is 1.89 bits per heavy atom. The number of nitrogens with two attached hydrogens (primary N) is 2. The van der Waals surface area contributed by atoms with Gasteiger partial charge in [0.15, 0.2) is 0 Å². The highest BCUT2D eigenvalue weighted by atomic mass is 16.1. The second-order valence-electron chi connectivity index (χ2n) is 5.07. The van der Waals surface area contributed by atoms with Crippen LogP contribution in [-0.2, 0) is 4.79 Å². The van der Waals surface area contributed by atoms with Gasteiger partial charge in [-0.25, -0.2) is 0 Å². The van der Waals surface area contributed by atoms with Crippen LogP contribution in [0.3, 0.4) is 0 Å². The maximum atomic E-state index is 10.6. The summed E-state index contributed by atoms with van der Waals surface area (Å²) in [6, 6.07) is 10.4. The summed E-state index contributed by atoms with van der Waals surface area (Å²) in [5, 5.41) is 3.24. The number of hydrogen-bond acceptors (Lipinski definition) is 3. The molecule has 5 N–H and O–H groups in total. The van der Waals surface area contributed by atoms with Crippen molar-refractivity contribution < 1.29 is 4.79 Å². The lowest BCUT2D eigenvalue weighted by Gasteiger charge is -2.17. The van der Waals surface area contributed by atoms with Crippen molar-refractivity contribution in [2.45, 2.75) is 38.1 Å². The molecule has 0 aromatic heterocycles. The lowest BCUT2D eigenvalue weighted by Crippen LogP contribution is -2.35. The molecule has 1 saturated heterocycles. The minimum Gasteiger partial charge on any atom is -0.370 e. The Labute approximate surface area is 115 Å². The third kappa shape index (κ3) is 6.94. The molecule has 19 heavy (non-hydrogen) atoms. The van der Waals surface area contributed by atoms with Crippen molar-refractivity contribution in [2.75, 3.05) is 13.1 Å². The number of carbonyl (C=O) groups excluding carboxylic acids is 1. The van der Waals surface area contributed by atoms with Crippen LogP contribution in [0.15, 0.2) is 30.3 Å². The van der Waals surface area contributed by atoms with Crippen molar-refractivity contribution >= 4 is 5.91 Å². The van der Waals surface area contributed by atoms with E-state index >= 15 is 0 Å². The fraction of sp³-hybridized carbons (Fsp3) is 0.533. The highest BCUT2D eigenvalue weighted by Gasteiger charge is 2.07. The van der Waals surface area contributed by atoms with Crippen LogP contribution in [0.1, 0.15) is 37.7 Å². The molecule has 1 aromatic carbocycles. The van der Waals surface area contributed by atoms with Gasteiger partial charge in [0.25, 0.3) is 0 Å². The van der Waals surface area contributed by atoms with E-state index in [1.807, 2.05) is 37.3 Å². The van der Waals surface area contributed by atoms with E-state index in [4.69, 9.17) is 11.5 Å². The second-order valence-corrected chi connectivity index (χ2v) is 5.07. The third-order valence-electron chi connectivity index (χ3n) is 3.26. The Bertz CT molecular complexity index is 361. The number of hydrogen-bond donors (Lipinski definition) is 3. The van der Waals surface area contributed by atoms with Crippen molar-refractivity contribution in [3.63, 3.8) is 0 Å². The van der Waals surface area contributed by atoms with Crippen molar-refractivity contribution in [1.29, 1.82) is 0 Å². The molecule has 106 valence electrons. The van der Waals surface area contributed by atoms with Crippen LogP contribution in [0.2, 0.25) is 0 Å². The van der Waals surface area contributed by atoms with Crippen LogP contribution in [0.25, 0.3) is 0 Å². The van der Waals surface area contributed by atoms with E-state index in [2.05, 4.69) is 5.32 Å². The zero-order chi connectivity index (χ0) is 14.1. The first-order chi connectivity index (χ1) is 9.09. The summed E-state index contributed by atoms with van der Waals surface area (Å²) in [4.78, 5) is 10.6. The Morgan fingerprint density at radius 3 is 2.32 bits per heavy atom. The molecule has 1 amide bonds. The Hall–Kier alpha value is -1.39. The molecule has 1 aromatic rings. The van der Waals surface area contributed by atoms with Gasteiger partial charge in [-0.1, -0.05) is 37.3 Å². The summed E-state index contributed by atoms with van der Waals surface area (Å²) in [6.45, 7) is 4.22. The molecular weight excluding hydrogens is 238 g/mol. The predicted molar refractivity (Wildman–Crippen MR) is 78.7 cm³/mol. The van der Waals surface area contributed by atoms with Crippen molar-refractivity contribution in [3.8, 4) is 0 Å². The largest absolute Gasteiger partial charge is 0.370 e. The Kier molecular flexibility index (Phi) is 7.15. The molecule has 1 aliphatic rings. The standard InChI is InChI=1S/C10H13NO.C5H12N2/c1-8(7-10(11)12)9-5-3-2-4-6-9;6-5-1-3-7-4-2-5/h2-6,8H,7H2,1H3,(H2,11,12);5,7H,1-4,6H2/t8-;/m1./s1. The molecule has 1 atom stereocenters. The number of rotatable bonds is 3. The molecule has 4 heteroatoms. The maximum absolute atomic E-state index is 10.6. The molecular formula is C15H25N3O. The summed E-state index contributed by atoms with van der Waals surface area (Å²) in [6.07, 6.45) is 2.73. The van der Waals surface area contributed by atoms with E-state index in [1.165, 1.54) is 0 Å². The quantitative estimate of drug-likeness (QED) is 0.770. The van der Waals surface area contributed by atoms with Crippen LogP contribution in [0.5, 0.6) is 0 Å². The van der Waals surface area contributed by atoms with Gasteiger partial charge in [-0.3, -0.25) is 4.79 Å². The predicted octanol–water partition coefficient (Wildman–Crippen LogP) is 1.36. The SMILES string of the molecule is C[C@H](CC(N)=O)c1ccccc1.NC1CCNCC1. The molecule has 0 saturated carbocycles. The normalized spacial score (nSPS) is 17.2. The van der Waals surface area contributed by atoms with Gasteiger partial charge in [-0.05, 0) is 37.4 Å². The number of primary amides is 1. The fourth-order valence-electron chi connectivity index (χ4n) is 2.05. The topological polar surface area (TPSA) is 81.1 Å². The number of carbonyl (C=O) groups is 1. The monoisotopic (exact) mass is 263 g/mol. The molecule has 1 fully saturated rings. The molecule has 2 rings (SSSR count). The van der Waals surface area contributed by atoms with E-state index in [9.17, 15) is 4.79 Å². The molecule has 0 unspecified atom stereocenters. The van der Waals surface area contributed by atoms with Gasteiger partial charge in [0, 0.05) is 12.5 Å². The first-order valence-corrected chi connectivity index (χ1v) is 6.89. The van der Waals surface area contributed by atoms with Gasteiger partial charge in [-0.15, -0.1) is 0 Å². The molecule has 4 nitrogen and oxygen atoms in total. The minimum atomic E-state index is -0.244. The number of benzene rings is 1. The average molecular weight is 263 g/mol. The van der Waals surface area contributed by atoms with Crippen LogP contribution in [-0.4, -0.2) is 25.0 Å². The van der Waals surface area contributed by atoms with E-state index in [0.29, 0.717) is 12.5 Å². The first kappa shape index (κ1) is 15.7. The molecule has 1 heterocycles. The lowest BCUT2D eigenvalue weighted by atomic mass is 9.98. The van der Waals surface area contributed by atoms with Gasteiger partial charge in [0.2, 0.25) is 5.91 Å². The molecule has 0 bridgehead atoms. The smallest absolute Gasteiger partial charge is 0.218 e. The van der Waals surface area contributed by atoms with Crippen molar-refractivity contribution in [3.05, 3.63) is 35.9 Å². The zero-order valence-corrected chi connectivity index (χ0v) is 11.6. The van der Waals surface area contributed by atoms with E-state index in [1.54, 1.807) is 0 Å².